The number of likely N-dealkylation sites (N-methyl/N-ethyl adjacent to an activating group) is 1. The second-order valence-electron chi connectivity index (χ2n) is 4.10. The minimum absolute atomic E-state index is 0.190. The number of hydrogen-bond acceptors (Lipinski definition) is 3. The monoisotopic (exact) mass is 258 g/mol. The Labute approximate surface area is 110 Å². The van der Waals surface area contributed by atoms with Gasteiger partial charge in [-0.15, -0.1) is 0 Å². The van der Waals surface area contributed by atoms with Crippen molar-refractivity contribution in [1.82, 2.24) is 10.2 Å². The standard InChI is InChI=1S/C14H14N2O3/c1-3-16-12(17)8-11(14(16)19)9-4-6-10(7-5-9)13(18)15-2/h4-8H,3H2,1-2H3,(H,15,18). The minimum Gasteiger partial charge on any atom is -0.355 e. The molecule has 1 aliphatic rings. The zero-order valence-corrected chi connectivity index (χ0v) is 10.8. The van der Waals surface area contributed by atoms with Crippen LogP contribution < -0.4 is 5.32 Å². The van der Waals surface area contributed by atoms with Gasteiger partial charge in [-0.1, -0.05) is 12.1 Å². The van der Waals surface area contributed by atoms with E-state index >= 15 is 0 Å². The molecule has 1 N–H and O–H groups in total. The summed E-state index contributed by atoms with van der Waals surface area (Å²) in [6.07, 6.45) is 1.33. The fourth-order valence-electron chi connectivity index (χ4n) is 1.96. The van der Waals surface area contributed by atoms with Crippen LogP contribution in [0.25, 0.3) is 5.57 Å². The van der Waals surface area contributed by atoms with Gasteiger partial charge in [-0.3, -0.25) is 19.3 Å². The summed E-state index contributed by atoms with van der Waals surface area (Å²) < 4.78 is 0. The molecule has 5 nitrogen and oxygen atoms in total. The predicted octanol–water partition coefficient (Wildman–Crippen LogP) is 0.818. The molecule has 3 amide bonds. The number of nitrogens with one attached hydrogen (secondary N) is 1. The van der Waals surface area contributed by atoms with E-state index in [2.05, 4.69) is 5.32 Å². The first-order valence-electron chi connectivity index (χ1n) is 5.98. The number of benzene rings is 1. The van der Waals surface area contributed by atoms with E-state index in [-0.39, 0.29) is 17.7 Å². The van der Waals surface area contributed by atoms with Crippen molar-refractivity contribution in [3.05, 3.63) is 41.5 Å². The number of hydrogen-bond donors (Lipinski definition) is 1. The maximum absolute atomic E-state index is 12.0. The number of imide groups is 1. The fraction of sp³-hybridized carbons (Fsp3) is 0.214. The van der Waals surface area contributed by atoms with Gasteiger partial charge < -0.3 is 5.32 Å². The third-order valence-electron chi connectivity index (χ3n) is 3.01. The predicted molar refractivity (Wildman–Crippen MR) is 70.2 cm³/mol. The zero-order chi connectivity index (χ0) is 14.0. The van der Waals surface area contributed by atoms with Gasteiger partial charge in [0.15, 0.2) is 0 Å². The van der Waals surface area contributed by atoms with Crippen LogP contribution in [0.5, 0.6) is 0 Å². The molecule has 0 bridgehead atoms. The molecule has 1 aromatic rings. The summed E-state index contributed by atoms with van der Waals surface area (Å²) in [5.41, 5.74) is 1.52. The van der Waals surface area contributed by atoms with Crippen molar-refractivity contribution in [1.29, 1.82) is 0 Å². The van der Waals surface area contributed by atoms with Gasteiger partial charge in [0.1, 0.15) is 0 Å². The molecular weight excluding hydrogens is 244 g/mol. The summed E-state index contributed by atoms with van der Waals surface area (Å²) in [6.45, 7) is 2.11. The van der Waals surface area contributed by atoms with Gasteiger partial charge in [0.25, 0.3) is 17.7 Å². The Morgan fingerprint density at radius 3 is 2.32 bits per heavy atom. The van der Waals surface area contributed by atoms with Gasteiger partial charge in [-0.2, -0.15) is 0 Å². The van der Waals surface area contributed by atoms with E-state index in [4.69, 9.17) is 0 Å². The van der Waals surface area contributed by atoms with Crippen LogP contribution in [0.1, 0.15) is 22.8 Å². The normalized spacial score (nSPS) is 14.6. The Morgan fingerprint density at radius 1 is 1.21 bits per heavy atom. The minimum atomic E-state index is -0.294. The van der Waals surface area contributed by atoms with Crippen molar-refractivity contribution in [2.75, 3.05) is 13.6 Å². The summed E-state index contributed by atoms with van der Waals surface area (Å²) in [4.78, 5) is 36.2. The number of nitrogens with zero attached hydrogens (tertiary/aromatic N) is 1. The highest BCUT2D eigenvalue weighted by molar-refractivity contribution is 6.33. The van der Waals surface area contributed by atoms with Crippen molar-refractivity contribution in [3.8, 4) is 0 Å². The van der Waals surface area contributed by atoms with Crippen molar-refractivity contribution in [3.63, 3.8) is 0 Å². The van der Waals surface area contributed by atoms with Gasteiger partial charge >= 0.3 is 0 Å². The summed E-state index contributed by atoms with van der Waals surface area (Å²) >= 11 is 0. The lowest BCUT2D eigenvalue weighted by Gasteiger charge is -2.11. The van der Waals surface area contributed by atoms with Crippen LogP contribution in [-0.4, -0.2) is 36.2 Å². The fourth-order valence-corrected chi connectivity index (χ4v) is 1.96. The summed E-state index contributed by atoms with van der Waals surface area (Å²) in [7, 11) is 1.55. The molecule has 0 unspecified atom stereocenters. The molecule has 0 aromatic heterocycles. The van der Waals surface area contributed by atoms with Gasteiger partial charge in [-0.05, 0) is 24.6 Å². The maximum Gasteiger partial charge on any atom is 0.261 e. The smallest absolute Gasteiger partial charge is 0.261 e. The van der Waals surface area contributed by atoms with E-state index in [1.165, 1.54) is 11.0 Å². The first-order valence-corrected chi connectivity index (χ1v) is 5.98. The quantitative estimate of drug-likeness (QED) is 0.816. The van der Waals surface area contributed by atoms with Gasteiger partial charge in [0.05, 0.1) is 5.57 Å². The van der Waals surface area contributed by atoms with Crippen LogP contribution in [-0.2, 0) is 9.59 Å². The average Bonchev–Trinajstić information content (AvgIpc) is 2.72. The molecule has 1 aliphatic heterocycles. The van der Waals surface area contributed by atoms with Crippen LogP contribution in [0.15, 0.2) is 30.3 Å². The molecule has 2 rings (SSSR count). The first-order chi connectivity index (χ1) is 9.08. The molecular formula is C14H14N2O3. The molecule has 98 valence electrons. The summed E-state index contributed by atoms with van der Waals surface area (Å²) in [6, 6.07) is 6.59. The van der Waals surface area contributed by atoms with Crippen molar-refractivity contribution in [2.24, 2.45) is 0 Å². The molecule has 0 atom stereocenters. The van der Waals surface area contributed by atoms with Crippen LogP contribution >= 0.6 is 0 Å². The Hall–Kier alpha value is -2.43. The Morgan fingerprint density at radius 2 is 1.84 bits per heavy atom. The molecule has 0 fully saturated rings. The van der Waals surface area contributed by atoms with Gasteiger partial charge in [0, 0.05) is 25.2 Å². The molecule has 19 heavy (non-hydrogen) atoms. The Bertz CT molecular complexity index is 573. The number of amides is 3. The molecule has 0 aliphatic carbocycles. The Kier molecular flexibility index (Phi) is 3.46. The lowest BCUT2D eigenvalue weighted by molar-refractivity contribution is -0.136. The van der Waals surface area contributed by atoms with Crippen LogP contribution in [0.2, 0.25) is 0 Å². The van der Waals surface area contributed by atoms with Crippen LogP contribution in [0.3, 0.4) is 0 Å². The largest absolute Gasteiger partial charge is 0.355 e. The maximum atomic E-state index is 12.0. The highest BCUT2D eigenvalue weighted by Crippen LogP contribution is 2.23. The highest BCUT2D eigenvalue weighted by atomic mass is 16.2. The van der Waals surface area contributed by atoms with Crippen molar-refractivity contribution >= 4 is 23.3 Å². The van der Waals surface area contributed by atoms with Crippen molar-refractivity contribution in [2.45, 2.75) is 6.92 Å². The van der Waals surface area contributed by atoms with E-state index in [0.29, 0.717) is 23.2 Å². The molecule has 0 spiro atoms. The van der Waals surface area contributed by atoms with Crippen molar-refractivity contribution < 1.29 is 14.4 Å². The van der Waals surface area contributed by atoms with E-state index in [9.17, 15) is 14.4 Å². The van der Waals surface area contributed by atoms with Crippen LogP contribution in [0, 0.1) is 0 Å². The highest BCUT2D eigenvalue weighted by Gasteiger charge is 2.30. The number of carbonyl (C=O) groups is 3. The second kappa shape index (κ2) is 5.06. The number of rotatable bonds is 3. The second-order valence-corrected chi connectivity index (χ2v) is 4.10. The van der Waals surface area contributed by atoms with Gasteiger partial charge in [-0.25, -0.2) is 0 Å². The third-order valence-corrected chi connectivity index (χ3v) is 3.01. The van der Waals surface area contributed by atoms with E-state index in [1.54, 1.807) is 38.2 Å². The van der Waals surface area contributed by atoms with Crippen LogP contribution in [0.4, 0.5) is 0 Å². The number of carbonyl (C=O) groups excluding carboxylic acids is 3. The van der Waals surface area contributed by atoms with Gasteiger partial charge in [0.2, 0.25) is 0 Å². The average molecular weight is 258 g/mol. The van der Waals surface area contributed by atoms with E-state index < -0.39 is 0 Å². The lowest BCUT2D eigenvalue weighted by atomic mass is 10.0. The van der Waals surface area contributed by atoms with E-state index in [0.717, 1.165) is 0 Å². The molecule has 1 heterocycles. The SMILES string of the molecule is CCN1C(=O)C=C(c2ccc(C(=O)NC)cc2)C1=O. The summed E-state index contributed by atoms with van der Waals surface area (Å²) in [5.74, 6) is -0.775. The van der Waals surface area contributed by atoms with E-state index in [1.807, 2.05) is 0 Å². The topological polar surface area (TPSA) is 66.5 Å². The third kappa shape index (κ3) is 2.27. The molecule has 1 aromatic carbocycles. The lowest BCUT2D eigenvalue weighted by Crippen LogP contribution is -2.30. The molecule has 0 saturated heterocycles. The molecule has 0 radical (unpaired) electrons. The molecule has 5 heteroatoms. The summed E-state index contributed by atoms with van der Waals surface area (Å²) in [5, 5.41) is 2.52. The molecule has 0 saturated carbocycles. The zero-order valence-electron chi connectivity index (χ0n) is 10.8. The Balaban J connectivity index is 2.29. The first kappa shape index (κ1) is 13.0.